The minimum Gasteiger partial charge on any atom is -0.508 e. The molecule has 3 aromatic rings. The summed E-state index contributed by atoms with van der Waals surface area (Å²) in [5.74, 6) is 0.152. The van der Waals surface area contributed by atoms with E-state index >= 15 is 0 Å². The molecule has 2 aromatic carbocycles. The van der Waals surface area contributed by atoms with Gasteiger partial charge in [0.1, 0.15) is 5.75 Å². The Morgan fingerprint density at radius 2 is 1.76 bits per heavy atom. The van der Waals surface area contributed by atoms with Crippen LogP contribution in [0.15, 0.2) is 41.2 Å². The summed E-state index contributed by atoms with van der Waals surface area (Å²) in [5, 5.41) is 12.0. The molecule has 0 saturated heterocycles. The average Bonchev–Trinajstić information content (AvgIpc) is 2.29. The van der Waals surface area contributed by atoms with Gasteiger partial charge in [-0.2, -0.15) is 0 Å². The minimum absolute atomic E-state index is 0.123. The zero-order valence-electron chi connectivity index (χ0n) is 9.32. The molecule has 0 aliphatic rings. The number of hydrogen-bond donors (Lipinski definition) is 2. The number of nitrogens with one attached hydrogen (secondary N) is 1. The quantitative estimate of drug-likeness (QED) is 0.578. The number of aromatic amines is 1. The number of benzene rings is 2. The van der Waals surface area contributed by atoms with Crippen LogP contribution in [0.2, 0.25) is 0 Å². The number of hydrogen-bond acceptors (Lipinski definition) is 2. The zero-order valence-corrected chi connectivity index (χ0v) is 9.32. The van der Waals surface area contributed by atoms with Crippen LogP contribution in [0.1, 0.15) is 5.56 Å². The highest BCUT2D eigenvalue weighted by Gasteiger charge is 2.05. The number of aromatic nitrogens is 1. The number of pyridine rings is 1. The lowest BCUT2D eigenvalue weighted by molar-refractivity contribution is 0.476. The van der Waals surface area contributed by atoms with Gasteiger partial charge in [-0.15, -0.1) is 0 Å². The largest absolute Gasteiger partial charge is 0.508 e. The summed E-state index contributed by atoms with van der Waals surface area (Å²) in [5.41, 5.74) is 1.59. The van der Waals surface area contributed by atoms with Crippen LogP contribution < -0.4 is 5.56 Å². The maximum atomic E-state index is 11.9. The van der Waals surface area contributed by atoms with Crippen LogP contribution in [-0.2, 0) is 0 Å². The van der Waals surface area contributed by atoms with Gasteiger partial charge in [-0.3, -0.25) is 4.79 Å². The van der Waals surface area contributed by atoms with Gasteiger partial charge in [-0.05, 0) is 30.5 Å². The van der Waals surface area contributed by atoms with Crippen molar-refractivity contribution in [2.45, 2.75) is 6.92 Å². The van der Waals surface area contributed by atoms with Crippen LogP contribution in [0.5, 0.6) is 5.75 Å². The molecule has 3 nitrogen and oxygen atoms in total. The summed E-state index contributed by atoms with van der Waals surface area (Å²) in [6.07, 6.45) is 0. The van der Waals surface area contributed by atoms with Crippen molar-refractivity contribution in [3.63, 3.8) is 0 Å². The molecule has 84 valence electrons. The van der Waals surface area contributed by atoms with E-state index in [0.717, 1.165) is 16.3 Å². The highest BCUT2D eigenvalue weighted by Crippen LogP contribution is 2.24. The average molecular weight is 225 g/mol. The van der Waals surface area contributed by atoms with Gasteiger partial charge in [0.15, 0.2) is 0 Å². The first-order valence-electron chi connectivity index (χ1n) is 5.40. The second-order valence-electron chi connectivity index (χ2n) is 4.23. The molecule has 0 atom stereocenters. The van der Waals surface area contributed by atoms with E-state index in [1.54, 1.807) is 12.1 Å². The van der Waals surface area contributed by atoms with Gasteiger partial charge >= 0.3 is 0 Å². The summed E-state index contributed by atoms with van der Waals surface area (Å²) < 4.78 is 0. The first kappa shape index (κ1) is 9.90. The van der Waals surface area contributed by atoms with E-state index in [4.69, 9.17) is 0 Å². The fourth-order valence-electron chi connectivity index (χ4n) is 2.14. The molecule has 1 aromatic heterocycles. The molecule has 3 heteroatoms. The van der Waals surface area contributed by atoms with Gasteiger partial charge in [0.25, 0.3) is 5.56 Å². The lowest BCUT2D eigenvalue weighted by atomic mass is 10.0. The number of phenols is 1. The molecule has 0 spiro atoms. The molecule has 3 rings (SSSR count). The fraction of sp³-hybridized carbons (Fsp3) is 0.0714. The van der Waals surface area contributed by atoms with Crippen LogP contribution >= 0.6 is 0 Å². The summed E-state index contributed by atoms with van der Waals surface area (Å²) in [7, 11) is 0. The van der Waals surface area contributed by atoms with Crippen LogP contribution in [0.25, 0.3) is 21.7 Å². The minimum atomic E-state index is -0.123. The van der Waals surface area contributed by atoms with Gasteiger partial charge in [-0.1, -0.05) is 17.7 Å². The fourth-order valence-corrected chi connectivity index (χ4v) is 2.14. The molecule has 0 aliphatic heterocycles. The Bertz CT molecular complexity index is 787. The Hall–Kier alpha value is -2.29. The number of rotatable bonds is 0. The van der Waals surface area contributed by atoms with Gasteiger partial charge in [-0.25, -0.2) is 0 Å². The van der Waals surface area contributed by atoms with E-state index in [9.17, 15) is 9.90 Å². The van der Waals surface area contributed by atoms with E-state index < -0.39 is 0 Å². The maximum Gasteiger partial charge on any atom is 0.256 e. The second-order valence-corrected chi connectivity index (χ2v) is 4.23. The number of H-pyrrole nitrogens is 1. The van der Waals surface area contributed by atoms with Crippen molar-refractivity contribution in [1.82, 2.24) is 4.98 Å². The van der Waals surface area contributed by atoms with Crippen LogP contribution in [0.4, 0.5) is 0 Å². The Labute approximate surface area is 97.3 Å². The Morgan fingerprint density at radius 1 is 1.00 bits per heavy atom. The van der Waals surface area contributed by atoms with E-state index in [2.05, 4.69) is 4.98 Å². The predicted molar refractivity (Wildman–Crippen MR) is 68.5 cm³/mol. The van der Waals surface area contributed by atoms with Crippen molar-refractivity contribution >= 4 is 21.7 Å². The zero-order chi connectivity index (χ0) is 12.0. The standard InChI is InChI=1S/C14H11NO2/c1-8-2-4-10-11-5-3-9(16)7-13(11)15-14(17)12(10)6-8/h2-7,16H,1H3,(H,15,17). The van der Waals surface area contributed by atoms with Crippen molar-refractivity contribution in [2.24, 2.45) is 0 Å². The molecular weight excluding hydrogens is 214 g/mol. The third-order valence-electron chi connectivity index (χ3n) is 2.96. The maximum absolute atomic E-state index is 11.9. The number of aryl methyl sites for hydroxylation is 1. The third-order valence-corrected chi connectivity index (χ3v) is 2.96. The number of phenolic OH excluding ortho intramolecular Hbond substituents is 1. The van der Waals surface area contributed by atoms with Crippen molar-refractivity contribution in [3.05, 3.63) is 52.3 Å². The lowest BCUT2D eigenvalue weighted by Crippen LogP contribution is -2.06. The molecule has 1 heterocycles. The molecule has 0 amide bonds. The molecule has 0 radical (unpaired) electrons. The van der Waals surface area contributed by atoms with E-state index in [1.807, 2.05) is 31.2 Å². The van der Waals surface area contributed by atoms with Gasteiger partial charge < -0.3 is 10.1 Å². The molecule has 17 heavy (non-hydrogen) atoms. The predicted octanol–water partition coefficient (Wildman–Crippen LogP) is 2.70. The van der Waals surface area contributed by atoms with Crippen molar-refractivity contribution < 1.29 is 5.11 Å². The van der Waals surface area contributed by atoms with Crippen molar-refractivity contribution in [3.8, 4) is 5.75 Å². The van der Waals surface area contributed by atoms with E-state index in [-0.39, 0.29) is 11.3 Å². The molecular formula is C14H11NO2. The van der Waals surface area contributed by atoms with Gasteiger partial charge in [0.2, 0.25) is 0 Å². The van der Waals surface area contributed by atoms with Gasteiger partial charge in [0.05, 0.1) is 5.52 Å². The molecule has 2 N–H and O–H groups in total. The SMILES string of the molecule is Cc1ccc2c(c1)c(=O)[nH]c1cc(O)ccc12. The third kappa shape index (κ3) is 1.47. The van der Waals surface area contributed by atoms with Gasteiger partial charge in [0, 0.05) is 16.8 Å². The molecule has 0 unspecified atom stereocenters. The highest BCUT2D eigenvalue weighted by molar-refractivity contribution is 6.05. The summed E-state index contributed by atoms with van der Waals surface area (Å²) in [6, 6.07) is 10.8. The monoisotopic (exact) mass is 225 g/mol. The Morgan fingerprint density at radius 3 is 2.59 bits per heavy atom. The Balaban J connectivity index is 2.60. The first-order chi connectivity index (χ1) is 8.15. The first-order valence-corrected chi connectivity index (χ1v) is 5.40. The van der Waals surface area contributed by atoms with E-state index in [0.29, 0.717) is 10.9 Å². The highest BCUT2D eigenvalue weighted by atomic mass is 16.3. The molecule has 0 saturated carbocycles. The summed E-state index contributed by atoms with van der Waals surface area (Å²) in [4.78, 5) is 14.7. The lowest BCUT2D eigenvalue weighted by Gasteiger charge is -2.04. The second kappa shape index (κ2) is 3.35. The van der Waals surface area contributed by atoms with Crippen LogP contribution in [0, 0.1) is 6.92 Å². The summed E-state index contributed by atoms with van der Waals surface area (Å²) >= 11 is 0. The van der Waals surface area contributed by atoms with Crippen molar-refractivity contribution in [2.75, 3.05) is 0 Å². The molecule has 0 fully saturated rings. The van der Waals surface area contributed by atoms with Crippen molar-refractivity contribution in [1.29, 1.82) is 0 Å². The van der Waals surface area contributed by atoms with E-state index in [1.165, 1.54) is 0 Å². The smallest absolute Gasteiger partial charge is 0.256 e. The number of fused-ring (bicyclic) bond motifs is 3. The molecule has 0 aliphatic carbocycles. The number of aromatic hydroxyl groups is 1. The van der Waals surface area contributed by atoms with Crippen LogP contribution in [0.3, 0.4) is 0 Å². The summed E-state index contributed by atoms with van der Waals surface area (Å²) in [6.45, 7) is 1.96. The Kier molecular flexibility index (Phi) is 1.95. The molecule has 0 bridgehead atoms. The normalized spacial score (nSPS) is 11.1. The topological polar surface area (TPSA) is 53.1 Å². The van der Waals surface area contributed by atoms with Crippen LogP contribution in [-0.4, -0.2) is 10.1 Å².